The predicted molar refractivity (Wildman–Crippen MR) is 78.0 cm³/mol. The van der Waals surface area contributed by atoms with Crippen molar-refractivity contribution in [1.29, 1.82) is 0 Å². The lowest BCUT2D eigenvalue weighted by atomic mass is 9.99. The number of halogens is 1. The van der Waals surface area contributed by atoms with Crippen LogP contribution in [0, 0.1) is 5.82 Å². The van der Waals surface area contributed by atoms with Gasteiger partial charge in [0.2, 0.25) is 0 Å². The second-order valence-corrected chi connectivity index (χ2v) is 5.28. The van der Waals surface area contributed by atoms with E-state index in [1.807, 2.05) is 35.2 Å². The van der Waals surface area contributed by atoms with Gasteiger partial charge in [0.05, 0.1) is 13.2 Å². The Bertz CT molecular complexity index is 587. The maximum atomic E-state index is 13.1. The molecule has 1 saturated heterocycles. The molecule has 4 heteroatoms. The Labute approximate surface area is 123 Å². The number of aliphatic hydroxyl groups is 1. The number of hydrogen-bond donors (Lipinski definition) is 1. The molecule has 110 valence electrons. The van der Waals surface area contributed by atoms with Gasteiger partial charge in [-0.15, -0.1) is 0 Å². The van der Waals surface area contributed by atoms with Gasteiger partial charge in [-0.05, 0) is 17.7 Å². The molecule has 21 heavy (non-hydrogen) atoms. The van der Waals surface area contributed by atoms with Crippen LogP contribution in [0.4, 0.5) is 4.39 Å². The lowest BCUT2D eigenvalue weighted by molar-refractivity contribution is -0.200. The maximum Gasteiger partial charge on any atom is 0.168 e. The first-order valence-electron chi connectivity index (χ1n) is 7.04. The van der Waals surface area contributed by atoms with Crippen LogP contribution in [0.15, 0.2) is 54.6 Å². The molecular formula is C17H18FNO2. The molecule has 0 aliphatic carbocycles. The minimum atomic E-state index is -1.22. The maximum absolute atomic E-state index is 13.1. The first-order chi connectivity index (χ1) is 10.2. The van der Waals surface area contributed by atoms with Crippen LogP contribution in [0.1, 0.15) is 11.1 Å². The molecule has 1 atom stereocenters. The van der Waals surface area contributed by atoms with E-state index in [1.54, 1.807) is 12.1 Å². The van der Waals surface area contributed by atoms with Crippen LogP contribution in [0.2, 0.25) is 0 Å². The molecule has 1 N–H and O–H groups in total. The molecule has 1 fully saturated rings. The minimum Gasteiger partial charge on any atom is -0.375 e. The van der Waals surface area contributed by atoms with E-state index in [4.69, 9.17) is 4.74 Å². The van der Waals surface area contributed by atoms with E-state index in [2.05, 4.69) is 0 Å². The molecule has 0 bridgehead atoms. The molecule has 2 aromatic carbocycles. The van der Waals surface area contributed by atoms with Crippen LogP contribution in [-0.4, -0.2) is 29.8 Å². The summed E-state index contributed by atoms with van der Waals surface area (Å²) in [6.45, 7) is 2.02. The van der Waals surface area contributed by atoms with E-state index < -0.39 is 5.72 Å². The van der Waals surface area contributed by atoms with Crippen molar-refractivity contribution in [3.63, 3.8) is 0 Å². The highest BCUT2D eigenvalue weighted by molar-refractivity contribution is 5.24. The van der Waals surface area contributed by atoms with E-state index in [9.17, 15) is 9.50 Å². The lowest BCUT2D eigenvalue weighted by Crippen LogP contribution is -2.54. The number of rotatable bonds is 3. The van der Waals surface area contributed by atoms with Crippen molar-refractivity contribution in [2.24, 2.45) is 0 Å². The summed E-state index contributed by atoms with van der Waals surface area (Å²) in [5.41, 5.74) is 0.557. The SMILES string of the molecule is OC1(c2ccc(F)cc2)COCCN1Cc1ccccc1. The Hall–Kier alpha value is -1.75. The molecule has 1 heterocycles. The van der Waals surface area contributed by atoms with E-state index in [1.165, 1.54) is 12.1 Å². The Morgan fingerprint density at radius 1 is 1.10 bits per heavy atom. The summed E-state index contributed by atoms with van der Waals surface area (Å²) in [4.78, 5) is 1.97. The molecular weight excluding hydrogens is 269 g/mol. The van der Waals surface area contributed by atoms with Crippen LogP contribution < -0.4 is 0 Å². The molecule has 0 spiro atoms. The van der Waals surface area contributed by atoms with Crippen molar-refractivity contribution >= 4 is 0 Å². The average molecular weight is 287 g/mol. The van der Waals surface area contributed by atoms with E-state index in [-0.39, 0.29) is 12.4 Å². The standard InChI is InChI=1S/C17H18FNO2/c18-16-8-6-15(7-9-16)17(20)13-21-11-10-19(17)12-14-4-2-1-3-5-14/h1-9,20H,10-13H2. The zero-order valence-electron chi connectivity index (χ0n) is 11.7. The highest BCUT2D eigenvalue weighted by Gasteiger charge is 2.39. The molecule has 0 saturated carbocycles. The van der Waals surface area contributed by atoms with Gasteiger partial charge in [-0.25, -0.2) is 4.39 Å². The Balaban J connectivity index is 1.88. The zero-order chi connectivity index (χ0) is 14.7. The fraction of sp³-hybridized carbons (Fsp3) is 0.294. The smallest absolute Gasteiger partial charge is 0.168 e. The van der Waals surface area contributed by atoms with Crippen LogP contribution in [0.5, 0.6) is 0 Å². The molecule has 1 aliphatic rings. The second kappa shape index (κ2) is 5.93. The molecule has 1 aliphatic heterocycles. The van der Waals surface area contributed by atoms with Crippen LogP contribution >= 0.6 is 0 Å². The van der Waals surface area contributed by atoms with Gasteiger partial charge in [-0.1, -0.05) is 42.5 Å². The Kier molecular flexibility index (Phi) is 4.01. The molecule has 0 aromatic heterocycles. The van der Waals surface area contributed by atoms with E-state index in [0.29, 0.717) is 25.3 Å². The van der Waals surface area contributed by atoms with Crippen molar-refractivity contribution in [2.45, 2.75) is 12.3 Å². The highest BCUT2D eigenvalue weighted by Crippen LogP contribution is 2.30. The summed E-state index contributed by atoms with van der Waals surface area (Å²) in [7, 11) is 0. The number of ether oxygens (including phenoxy) is 1. The van der Waals surface area contributed by atoms with Crippen LogP contribution in [-0.2, 0) is 17.0 Å². The average Bonchev–Trinajstić information content (AvgIpc) is 2.51. The zero-order valence-corrected chi connectivity index (χ0v) is 11.7. The number of morpholine rings is 1. The summed E-state index contributed by atoms with van der Waals surface area (Å²) in [5.74, 6) is -0.311. The minimum absolute atomic E-state index is 0.186. The van der Waals surface area contributed by atoms with Gasteiger partial charge in [-0.3, -0.25) is 4.90 Å². The molecule has 3 nitrogen and oxygen atoms in total. The first-order valence-corrected chi connectivity index (χ1v) is 7.04. The van der Waals surface area contributed by atoms with Crippen molar-refractivity contribution in [1.82, 2.24) is 4.90 Å². The third kappa shape index (κ3) is 2.97. The van der Waals surface area contributed by atoms with Crippen LogP contribution in [0.25, 0.3) is 0 Å². The second-order valence-electron chi connectivity index (χ2n) is 5.28. The molecule has 1 unspecified atom stereocenters. The van der Waals surface area contributed by atoms with Gasteiger partial charge in [0, 0.05) is 18.7 Å². The van der Waals surface area contributed by atoms with Crippen molar-refractivity contribution in [3.8, 4) is 0 Å². The van der Waals surface area contributed by atoms with Crippen LogP contribution in [0.3, 0.4) is 0 Å². The summed E-state index contributed by atoms with van der Waals surface area (Å²) in [5, 5.41) is 11.0. The van der Waals surface area contributed by atoms with Crippen molar-refractivity contribution < 1.29 is 14.2 Å². The predicted octanol–water partition coefficient (Wildman–Crippen LogP) is 2.50. The van der Waals surface area contributed by atoms with Gasteiger partial charge >= 0.3 is 0 Å². The molecule has 0 radical (unpaired) electrons. The topological polar surface area (TPSA) is 32.7 Å². The van der Waals surface area contributed by atoms with Gasteiger partial charge in [0.1, 0.15) is 5.82 Å². The van der Waals surface area contributed by atoms with E-state index in [0.717, 1.165) is 5.56 Å². The Morgan fingerprint density at radius 3 is 2.52 bits per heavy atom. The highest BCUT2D eigenvalue weighted by atomic mass is 19.1. The van der Waals surface area contributed by atoms with Crippen molar-refractivity contribution in [3.05, 3.63) is 71.5 Å². The summed E-state index contributed by atoms with van der Waals surface area (Å²) < 4.78 is 18.5. The van der Waals surface area contributed by atoms with Gasteiger partial charge in [0.25, 0.3) is 0 Å². The van der Waals surface area contributed by atoms with E-state index >= 15 is 0 Å². The monoisotopic (exact) mass is 287 g/mol. The number of hydrogen-bond acceptors (Lipinski definition) is 3. The fourth-order valence-corrected chi connectivity index (χ4v) is 2.66. The molecule has 0 amide bonds. The first kappa shape index (κ1) is 14.2. The summed E-state index contributed by atoms with van der Waals surface area (Å²) >= 11 is 0. The summed E-state index contributed by atoms with van der Waals surface area (Å²) in [6, 6.07) is 15.9. The fourth-order valence-electron chi connectivity index (χ4n) is 2.66. The number of nitrogens with zero attached hydrogens (tertiary/aromatic N) is 1. The lowest BCUT2D eigenvalue weighted by Gasteiger charge is -2.43. The molecule has 3 rings (SSSR count). The molecule has 2 aromatic rings. The Morgan fingerprint density at radius 2 is 1.81 bits per heavy atom. The number of benzene rings is 2. The normalized spacial score (nSPS) is 23.1. The van der Waals surface area contributed by atoms with Gasteiger partial charge < -0.3 is 9.84 Å². The van der Waals surface area contributed by atoms with Crippen molar-refractivity contribution in [2.75, 3.05) is 19.8 Å². The van der Waals surface area contributed by atoms with Gasteiger partial charge in [-0.2, -0.15) is 0 Å². The van der Waals surface area contributed by atoms with Gasteiger partial charge in [0.15, 0.2) is 5.72 Å². The largest absolute Gasteiger partial charge is 0.375 e. The summed E-state index contributed by atoms with van der Waals surface area (Å²) in [6.07, 6.45) is 0. The third-order valence-electron chi connectivity index (χ3n) is 3.85. The third-order valence-corrected chi connectivity index (χ3v) is 3.85. The quantitative estimate of drug-likeness (QED) is 0.941.